The summed E-state index contributed by atoms with van der Waals surface area (Å²) < 4.78 is 18.8. The molecule has 4 heteroatoms. The largest absolute Gasteiger partial charge is 0.489 e. The van der Waals surface area contributed by atoms with E-state index in [4.69, 9.17) is 4.74 Å². The van der Waals surface area contributed by atoms with Crippen molar-refractivity contribution in [3.05, 3.63) is 65.5 Å². The molecule has 0 unspecified atom stereocenters. The average Bonchev–Trinajstić information content (AvgIpc) is 2.58. The number of hydrogen-bond acceptors (Lipinski definition) is 3. The smallest absolute Gasteiger partial charge is 0.124 e. The average molecular weight is 316 g/mol. The van der Waals surface area contributed by atoms with E-state index in [0.717, 1.165) is 49.5 Å². The van der Waals surface area contributed by atoms with Gasteiger partial charge in [-0.05, 0) is 49.8 Å². The Morgan fingerprint density at radius 2 is 1.70 bits per heavy atom. The molecule has 2 aromatic rings. The first-order chi connectivity index (χ1) is 11.3. The Morgan fingerprint density at radius 3 is 2.48 bits per heavy atom. The molecule has 0 radical (unpaired) electrons. The third-order valence-electron chi connectivity index (χ3n) is 3.55. The molecule has 0 aliphatic heterocycles. The molecule has 2 N–H and O–H groups in total. The molecular formula is C19H25FN2O. The second kappa shape index (κ2) is 9.98. The van der Waals surface area contributed by atoms with Crippen LogP contribution in [0.5, 0.6) is 5.75 Å². The molecule has 124 valence electrons. The molecule has 0 amide bonds. The van der Waals surface area contributed by atoms with Crippen LogP contribution in [0.3, 0.4) is 0 Å². The lowest BCUT2D eigenvalue weighted by Gasteiger charge is -2.12. The van der Waals surface area contributed by atoms with Gasteiger partial charge in [-0.15, -0.1) is 0 Å². The van der Waals surface area contributed by atoms with Gasteiger partial charge in [-0.3, -0.25) is 0 Å². The maximum atomic E-state index is 12.9. The number of halogens is 1. The Kier molecular flexibility index (Phi) is 7.57. The van der Waals surface area contributed by atoms with Gasteiger partial charge in [0, 0.05) is 12.1 Å². The van der Waals surface area contributed by atoms with Crippen molar-refractivity contribution in [3.8, 4) is 5.75 Å². The van der Waals surface area contributed by atoms with Crippen LogP contribution < -0.4 is 15.4 Å². The highest BCUT2D eigenvalue weighted by atomic mass is 19.1. The van der Waals surface area contributed by atoms with Crippen molar-refractivity contribution >= 4 is 0 Å². The Bertz CT molecular complexity index is 572. The number of rotatable bonds is 10. The van der Waals surface area contributed by atoms with E-state index in [0.29, 0.717) is 6.61 Å². The van der Waals surface area contributed by atoms with Crippen molar-refractivity contribution in [2.45, 2.75) is 26.5 Å². The van der Waals surface area contributed by atoms with Crippen molar-refractivity contribution in [3.63, 3.8) is 0 Å². The highest BCUT2D eigenvalue weighted by Crippen LogP contribution is 2.19. The summed E-state index contributed by atoms with van der Waals surface area (Å²) in [5, 5.41) is 6.75. The number of hydrogen-bond donors (Lipinski definition) is 2. The van der Waals surface area contributed by atoms with E-state index in [1.165, 1.54) is 12.1 Å². The van der Waals surface area contributed by atoms with Crippen molar-refractivity contribution in [1.82, 2.24) is 10.6 Å². The van der Waals surface area contributed by atoms with Crippen molar-refractivity contribution in [1.29, 1.82) is 0 Å². The first-order valence-corrected chi connectivity index (χ1v) is 8.16. The summed E-state index contributed by atoms with van der Waals surface area (Å²) in [6, 6.07) is 14.4. The lowest BCUT2D eigenvalue weighted by molar-refractivity contribution is 0.302. The first kappa shape index (κ1) is 17.4. The summed E-state index contributed by atoms with van der Waals surface area (Å²) >= 11 is 0. The topological polar surface area (TPSA) is 33.3 Å². The molecule has 0 aromatic heterocycles. The summed E-state index contributed by atoms with van der Waals surface area (Å²) in [5.74, 6) is 0.645. The van der Waals surface area contributed by atoms with Crippen LogP contribution in [0.15, 0.2) is 48.5 Å². The normalized spacial score (nSPS) is 10.7. The fourth-order valence-electron chi connectivity index (χ4n) is 2.27. The van der Waals surface area contributed by atoms with E-state index in [1.807, 2.05) is 18.2 Å². The fraction of sp³-hybridized carbons (Fsp3) is 0.368. The van der Waals surface area contributed by atoms with Crippen LogP contribution in [0.25, 0.3) is 0 Å². The molecule has 23 heavy (non-hydrogen) atoms. The molecule has 0 saturated heterocycles. The minimum Gasteiger partial charge on any atom is -0.489 e. The Balaban J connectivity index is 1.81. The predicted molar refractivity (Wildman–Crippen MR) is 92.0 cm³/mol. The molecule has 0 aliphatic rings. The zero-order chi connectivity index (χ0) is 16.3. The molecular weight excluding hydrogens is 291 g/mol. The lowest BCUT2D eigenvalue weighted by Crippen LogP contribution is -2.21. The second-order valence-corrected chi connectivity index (χ2v) is 5.41. The lowest BCUT2D eigenvalue weighted by atomic mass is 10.2. The Hall–Kier alpha value is -1.91. The van der Waals surface area contributed by atoms with E-state index >= 15 is 0 Å². The highest BCUT2D eigenvalue weighted by Gasteiger charge is 2.03. The molecule has 0 fully saturated rings. The van der Waals surface area contributed by atoms with Gasteiger partial charge in [0.2, 0.25) is 0 Å². The standard InChI is InChI=1S/C19H25FN2O/c1-2-21-12-5-13-22-14-17-6-3-4-7-19(17)23-15-16-8-10-18(20)11-9-16/h3-4,6-11,21-22H,2,5,12-15H2,1H3. The fourth-order valence-corrected chi connectivity index (χ4v) is 2.27. The van der Waals surface area contributed by atoms with Gasteiger partial charge in [0.1, 0.15) is 18.2 Å². The van der Waals surface area contributed by atoms with Crippen molar-refractivity contribution in [2.75, 3.05) is 19.6 Å². The minimum absolute atomic E-state index is 0.226. The summed E-state index contributed by atoms with van der Waals surface area (Å²) in [6.45, 7) is 6.36. The quantitative estimate of drug-likeness (QED) is 0.658. The molecule has 0 heterocycles. The first-order valence-electron chi connectivity index (χ1n) is 8.16. The summed E-state index contributed by atoms with van der Waals surface area (Å²) in [5.41, 5.74) is 2.10. The molecule has 2 aromatic carbocycles. The molecule has 0 aliphatic carbocycles. The molecule has 0 saturated carbocycles. The molecule has 3 nitrogen and oxygen atoms in total. The van der Waals surface area contributed by atoms with Crippen LogP contribution in [0.4, 0.5) is 4.39 Å². The van der Waals surface area contributed by atoms with Crippen molar-refractivity contribution < 1.29 is 9.13 Å². The zero-order valence-corrected chi connectivity index (χ0v) is 13.6. The van der Waals surface area contributed by atoms with E-state index in [-0.39, 0.29) is 5.82 Å². The highest BCUT2D eigenvalue weighted by molar-refractivity contribution is 5.33. The Labute approximate surface area is 137 Å². The van der Waals surface area contributed by atoms with Gasteiger partial charge < -0.3 is 15.4 Å². The summed E-state index contributed by atoms with van der Waals surface area (Å²) in [6.07, 6.45) is 1.10. The van der Waals surface area contributed by atoms with E-state index in [1.54, 1.807) is 12.1 Å². The maximum Gasteiger partial charge on any atom is 0.124 e. The van der Waals surface area contributed by atoms with Gasteiger partial charge in [0.15, 0.2) is 0 Å². The van der Waals surface area contributed by atoms with Gasteiger partial charge >= 0.3 is 0 Å². The van der Waals surface area contributed by atoms with Crippen LogP contribution in [0, 0.1) is 5.82 Å². The number of nitrogens with one attached hydrogen (secondary N) is 2. The number of para-hydroxylation sites is 1. The van der Waals surface area contributed by atoms with E-state index in [2.05, 4.69) is 23.6 Å². The SMILES string of the molecule is CCNCCCNCc1ccccc1OCc1ccc(F)cc1. The third-order valence-corrected chi connectivity index (χ3v) is 3.55. The summed E-state index contributed by atoms with van der Waals surface area (Å²) in [7, 11) is 0. The predicted octanol–water partition coefficient (Wildman–Crippen LogP) is 3.49. The van der Waals surface area contributed by atoms with Crippen LogP contribution in [0.2, 0.25) is 0 Å². The van der Waals surface area contributed by atoms with Gasteiger partial charge in [-0.25, -0.2) is 4.39 Å². The van der Waals surface area contributed by atoms with E-state index < -0.39 is 0 Å². The third kappa shape index (κ3) is 6.38. The van der Waals surface area contributed by atoms with Crippen LogP contribution in [-0.4, -0.2) is 19.6 Å². The molecule has 0 atom stereocenters. The molecule has 0 spiro atoms. The number of ether oxygens (including phenoxy) is 1. The van der Waals surface area contributed by atoms with Gasteiger partial charge in [-0.2, -0.15) is 0 Å². The number of benzene rings is 2. The van der Waals surface area contributed by atoms with Gasteiger partial charge in [-0.1, -0.05) is 37.3 Å². The monoisotopic (exact) mass is 316 g/mol. The van der Waals surface area contributed by atoms with Crippen molar-refractivity contribution in [2.24, 2.45) is 0 Å². The van der Waals surface area contributed by atoms with Crippen LogP contribution in [-0.2, 0) is 13.2 Å². The van der Waals surface area contributed by atoms with Gasteiger partial charge in [0.05, 0.1) is 0 Å². The summed E-state index contributed by atoms with van der Waals surface area (Å²) in [4.78, 5) is 0. The second-order valence-electron chi connectivity index (χ2n) is 5.41. The van der Waals surface area contributed by atoms with E-state index in [9.17, 15) is 4.39 Å². The van der Waals surface area contributed by atoms with Crippen LogP contribution >= 0.6 is 0 Å². The van der Waals surface area contributed by atoms with Gasteiger partial charge in [0.25, 0.3) is 0 Å². The molecule has 0 bridgehead atoms. The molecule has 2 rings (SSSR count). The maximum absolute atomic E-state index is 12.9. The minimum atomic E-state index is -0.226. The zero-order valence-electron chi connectivity index (χ0n) is 13.6. The Morgan fingerprint density at radius 1 is 0.957 bits per heavy atom. The van der Waals surface area contributed by atoms with Crippen LogP contribution in [0.1, 0.15) is 24.5 Å².